The Morgan fingerprint density at radius 2 is 2.04 bits per heavy atom. The second-order valence-electron chi connectivity index (χ2n) is 5.20. The van der Waals surface area contributed by atoms with Gasteiger partial charge in [0.1, 0.15) is 0 Å². The van der Waals surface area contributed by atoms with Crippen molar-refractivity contribution in [1.82, 2.24) is 15.6 Å². The average molecular weight is 357 g/mol. The fourth-order valence-corrected chi connectivity index (χ4v) is 2.18. The van der Waals surface area contributed by atoms with Gasteiger partial charge in [0, 0.05) is 24.3 Å². The Morgan fingerprint density at radius 3 is 2.62 bits per heavy atom. The van der Waals surface area contributed by atoms with E-state index in [2.05, 4.69) is 20.4 Å². The van der Waals surface area contributed by atoms with Gasteiger partial charge in [-0.25, -0.2) is 14.2 Å². The highest BCUT2D eigenvalue weighted by Gasteiger charge is 2.48. The maximum atomic E-state index is 13.8. The number of urea groups is 1. The number of amides is 2. The maximum absolute atomic E-state index is 13.8. The van der Waals surface area contributed by atoms with Crippen molar-refractivity contribution in [3.63, 3.8) is 0 Å². The molecule has 1 aromatic heterocycles. The first-order valence-electron chi connectivity index (χ1n) is 6.86. The van der Waals surface area contributed by atoms with E-state index in [1.165, 1.54) is 0 Å². The molecule has 0 aliphatic heterocycles. The van der Waals surface area contributed by atoms with Crippen molar-refractivity contribution in [3.05, 3.63) is 23.6 Å². The molecule has 0 atom stereocenters. The number of hydrogen-bond donors (Lipinski definition) is 2. The van der Waals surface area contributed by atoms with Gasteiger partial charge in [0.25, 0.3) is 5.88 Å². The topological polar surface area (TPSA) is 63.2 Å². The molecule has 1 saturated carbocycles. The summed E-state index contributed by atoms with van der Waals surface area (Å²) >= 11 is 0. The van der Waals surface area contributed by atoms with Crippen LogP contribution in [-0.4, -0.2) is 29.8 Å². The Bertz CT molecular complexity index is 590. The van der Waals surface area contributed by atoms with E-state index in [4.69, 9.17) is 0 Å². The van der Waals surface area contributed by atoms with Crippen molar-refractivity contribution in [2.75, 3.05) is 0 Å². The number of ether oxygens (including phenoxy) is 1. The maximum Gasteiger partial charge on any atom is 0.391 e. The normalized spacial score (nSPS) is 20.5. The van der Waals surface area contributed by atoms with Gasteiger partial charge in [-0.15, -0.1) is 0 Å². The van der Waals surface area contributed by atoms with Crippen molar-refractivity contribution in [2.45, 2.75) is 38.2 Å². The van der Waals surface area contributed by atoms with Crippen LogP contribution in [0, 0.1) is 11.7 Å². The van der Waals surface area contributed by atoms with Crippen LogP contribution in [0.4, 0.5) is 31.1 Å². The number of nitrogens with zero attached hydrogens (tertiary/aromatic N) is 1. The van der Waals surface area contributed by atoms with Gasteiger partial charge in [-0.05, 0) is 18.9 Å². The molecule has 2 amide bonds. The van der Waals surface area contributed by atoms with Crippen molar-refractivity contribution < 1.29 is 35.9 Å². The van der Waals surface area contributed by atoms with E-state index in [9.17, 15) is 31.1 Å². The fraction of sp³-hybridized carbons (Fsp3) is 0.538. The first-order valence-corrected chi connectivity index (χ1v) is 6.86. The molecule has 0 unspecified atom stereocenters. The van der Waals surface area contributed by atoms with Crippen LogP contribution in [0.3, 0.4) is 0 Å². The summed E-state index contributed by atoms with van der Waals surface area (Å²) in [5, 5.41) is 4.55. The largest absolute Gasteiger partial charge is 0.414 e. The van der Waals surface area contributed by atoms with E-state index >= 15 is 0 Å². The van der Waals surface area contributed by atoms with Crippen LogP contribution < -0.4 is 15.4 Å². The third kappa shape index (κ3) is 4.65. The van der Waals surface area contributed by atoms with Gasteiger partial charge < -0.3 is 15.4 Å². The molecule has 0 spiro atoms. The van der Waals surface area contributed by atoms with E-state index in [1.54, 1.807) is 0 Å². The summed E-state index contributed by atoms with van der Waals surface area (Å²) in [5.74, 6) is -3.50. The third-order valence-electron chi connectivity index (χ3n) is 3.51. The van der Waals surface area contributed by atoms with Gasteiger partial charge in [-0.1, -0.05) is 0 Å². The number of halogens is 6. The SMILES string of the molecule is O=C(NCc1ccnc(OC(F)F)c1F)N[C@H]1C[C@H](C(F)(F)F)C1. The molecule has 0 aromatic carbocycles. The minimum absolute atomic E-state index is 0.155. The summed E-state index contributed by atoms with van der Waals surface area (Å²) in [4.78, 5) is 14.9. The molecular formula is C13H13F6N3O2. The molecule has 1 aromatic rings. The minimum atomic E-state index is -4.28. The second-order valence-corrected chi connectivity index (χ2v) is 5.20. The Hall–Kier alpha value is -2.20. The summed E-state index contributed by atoms with van der Waals surface area (Å²) in [6.07, 6.45) is -3.69. The third-order valence-corrected chi connectivity index (χ3v) is 3.51. The zero-order valence-corrected chi connectivity index (χ0v) is 12.0. The molecule has 1 fully saturated rings. The Kier molecular flexibility index (Phi) is 5.40. The predicted molar refractivity (Wildman–Crippen MR) is 68.8 cm³/mol. The second kappa shape index (κ2) is 7.14. The van der Waals surface area contributed by atoms with Gasteiger partial charge in [-0.3, -0.25) is 0 Å². The average Bonchev–Trinajstić information content (AvgIpc) is 2.41. The van der Waals surface area contributed by atoms with E-state index in [1.807, 2.05) is 0 Å². The molecule has 1 aliphatic rings. The lowest BCUT2D eigenvalue weighted by molar-refractivity contribution is -0.198. The molecule has 0 saturated heterocycles. The number of carbonyl (C=O) groups excluding carboxylic acids is 1. The number of hydrogen-bond acceptors (Lipinski definition) is 3. The van der Waals surface area contributed by atoms with E-state index in [0.717, 1.165) is 12.3 Å². The van der Waals surface area contributed by atoms with Gasteiger partial charge >= 0.3 is 18.8 Å². The zero-order valence-electron chi connectivity index (χ0n) is 12.0. The highest BCUT2D eigenvalue weighted by atomic mass is 19.4. The standard InChI is InChI=1S/C13H13F6N3O2/c14-9-6(1-2-20-10(9)24-11(15)16)5-21-12(23)22-8-3-7(4-8)13(17,18)19/h1-2,7-8,11H,3-5H2,(H2,21,22,23)/t7-,8-. The van der Waals surface area contributed by atoms with Crippen LogP contribution in [0.5, 0.6) is 5.88 Å². The molecule has 1 aliphatic carbocycles. The predicted octanol–water partition coefficient (Wildman–Crippen LogP) is 2.96. The van der Waals surface area contributed by atoms with Crippen LogP contribution in [0.1, 0.15) is 18.4 Å². The monoisotopic (exact) mass is 357 g/mol. The lowest BCUT2D eigenvalue weighted by atomic mass is 9.80. The smallest absolute Gasteiger partial charge is 0.391 e. The molecule has 24 heavy (non-hydrogen) atoms. The number of alkyl halides is 5. The lowest BCUT2D eigenvalue weighted by Gasteiger charge is -2.36. The molecular weight excluding hydrogens is 344 g/mol. The fourth-order valence-electron chi connectivity index (χ4n) is 2.18. The number of rotatable bonds is 5. The summed E-state index contributed by atoms with van der Waals surface area (Å²) in [5.41, 5.74) is -0.155. The van der Waals surface area contributed by atoms with Crippen molar-refractivity contribution in [2.24, 2.45) is 5.92 Å². The molecule has 5 nitrogen and oxygen atoms in total. The molecule has 2 rings (SSSR count). The van der Waals surface area contributed by atoms with E-state index < -0.39 is 42.5 Å². The van der Waals surface area contributed by atoms with Gasteiger partial charge in [0.2, 0.25) is 0 Å². The van der Waals surface area contributed by atoms with Crippen LogP contribution >= 0.6 is 0 Å². The molecule has 1 heterocycles. The van der Waals surface area contributed by atoms with Gasteiger partial charge in [0.15, 0.2) is 5.82 Å². The number of nitrogens with one attached hydrogen (secondary N) is 2. The summed E-state index contributed by atoms with van der Waals surface area (Å²) in [7, 11) is 0. The Balaban J connectivity index is 1.81. The Labute approximate surface area is 132 Å². The summed E-state index contributed by atoms with van der Waals surface area (Å²) in [6.45, 7) is -3.62. The first-order chi connectivity index (χ1) is 11.2. The van der Waals surface area contributed by atoms with Crippen LogP contribution in [-0.2, 0) is 6.54 Å². The van der Waals surface area contributed by atoms with Crippen LogP contribution in [0.15, 0.2) is 12.3 Å². The van der Waals surface area contributed by atoms with Gasteiger partial charge in [-0.2, -0.15) is 22.0 Å². The number of carbonyl (C=O) groups is 1. The molecule has 134 valence electrons. The summed E-state index contributed by atoms with van der Waals surface area (Å²) in [6, 6.07) is -0.249. The quantitative estimate of drug-likeness (QED) is 0.797. The number of pyridine rings is 1. The first kappa shape index (κ1) is 18.1. The minimum Gasteiger partial charge on any atom is -0.414 e. The van der Waals surface area contributed by atoms with Crippen LogP contribution in [0.2, 0.25) is 0 Å². The zero-order chi connectivity index (χ0) is 17.9. The van der Waals surface area contributed by atoms with Gasteiger partial charge in [0.05, 0.1) is 5.92 Å². The molecule has 0 radical (unpaired) electrons. The van der Waals surface area contributed by atoms with Crippen molar-refractivity contribution in [1.29, 1.82) is 0 Å². The number of aromatic nitrogens is 1. The van der Waals surface area contributed by atoms with Crippen LogP contribution in [0.25, 0.3) is 0 Å². The molecule has 2 N–H and O–H groups in total. The van der Waals surface area contributed by atoms with Crippen molar-refractivity contribution >= 4 is 6.03 Å². The summed E-state index contributed by atoms with van der Waals surface area (Å²) < 4.78 is 78.7. The lowest BCUT2D eigenvalue weighted by Crippen LogP contribution is -2.51. The highest BCUT2D eigenvalue weighted by Crippen LogP contribution is 2.40. The molecule has 0 bridgehead atoms. The van der Waals surface area contributed by atoms with E-state index in [-0.39, 0.29) is 24.9 Å². The van der Waals surface area contributed by atoms with Crippen molar-refractivity contribution in [3.8, 4) is 5.88 Å². The Morgan fingerprint density at radius 1 is 1.38 bits per heavy atom. The molecule has 11 heteroatoms. The van der Waals surface area contributed by atoms with E-state index in [0.29, 0.717) is 0 Å². The highest BCUT2D eigenvalue weighted by molar-refractivity contribution is 5.74.